The Labute approximate surface area is 147 Å². The van der Waals surface area contributed by atoms with Crippen LogP contribution in [0, 0.1) is 17.1 Å². The summed E-state index contributed by atoms with van der Waals surface area (Å²) in [4.78, 5) is 15.0. The lowest BCUT2D eigenvalue weighted by Gasteiger charge is -2.33. The summed E-state index contributed by atoms with van der Waals surface area (Å²) in [7, 11) is 1.79. The number of halogens is 1. The summed E-state index contributed by atoms with van der Waals surface area (Å²) in [6, 6.07) is 15.8. The first kappa shape index (κ1) is 17.2. The molecule has 0 saturated heterocycles. The summed E-state index contributed by atoms with van der Waals surface area (Å²) in [5, 5.41) is 8.88. The number of nitriles is 1. The first-order valence-corrected chi connectivity index (χ1v) is 8.56. The van der Waals surface area contributed by atoms with Crippen LogP contribution in [-0.4, -0.2) is 17.9 Å². The van der Waals surface area contributed by atoms with Crippen molar-refractivity contribution in [2.24, 2.45) is 0 Å². The normalized spacial score (nSPS) is 15.6. The Morgan fingerprint density at radius 3 is 2.48 bits per heavy atom. The molecular weight excluding hydrogens is 315 g/mol. The summed E-state index contributed by atoms with van der Waals surface area (Å²) in [6.45, 7) is 0.474. The standard InChI is InChI=1S/C21H21FN2O/c1-24(15-17-9-7-16(14-23)8-10-17)20(25)21(11-2-3-12-21)18-5-4-6-19(22)13-18/h4-10,13H,2-3,11-12,15H2,1H3. The average Bonchev–Trinajstić information content (AvgIpc) is 3.12. The number of rotatable bonds is 4. The highest BCUT2D eigenvalue weighted by molar-refractivity contribution is 5.88. The second kappa shape index (κ2) is 7.06. The maximum atomic E-state index is 13.7. The molecule has 1 amide bonds. The molecule has 0 spiro atoms. The summed E-state index contributed by atoms with van der Waals surface area (Å²) in [5.41, 5.74) is 1.73. The van der Waals surface area contributed by atoms with Gasteiger partial charge in [-0.1, -0.05) is 37.1 Å². The topological polar surface area (TPSA) is 44.1 Å². The van der Waals surface area contributed by atoms with E-state index in [1.54, 1.807) is 30.1 Å². The lowest BCUT2D eigenvalue weighted by molar-refractivity contribution is -0.136. The largest absolute Gasteiger partial charge is 0.341 e. The molecule has 1 saturated carbocycles. The molecule has 2 aromatic carbocycles. The molecule has 128 valence electrons. The van der Waals surface area contributed by atoms with Crippen molar-refractivity contribution in [1.29, 1.82) is 5.26 Å². The van der Waals surface area contributed by atoms with Crippen LogP contribution in [0.4, 0.5) is 4.39 Å². The number of benzene rings is 2. The first-order valence-electron chi connectivity index (χ1n) is 8.56. The Morgan fingerprint density at radius 2 is 1.88 bits per heavy atom. The fourth-order valence-corrected chi connectivity index (χ4v) is 3.79. The molecule has 0 N–H and O–H groups in total. The summed E-state index contributed by atoms with van der Waals surface area (Å²) in [5.74, 6) is -0.258. The minimum Gasteiger partial charge on any atom is -0.341 e. The van der Waals surface area contributed by atoms with Crippen LogP contribution in [0.25, 0.3) is 0 Å². The van der Waals surface area contributed by atoms with Crippen molar-refractivity contribution in [3.05, 3.63) is 71.0 Å². The summed E-state index contributed by atoms with van der Waals surface area (Å²) in [6.07, 6.45) is 3.47. The predicted molar refractivity (Wildman–Crippen MR) is 94.2 cm³/mol. The highest BCUT2D eigenvalue weighted by Gasteiger charge is 2.44. The molecule has 3 rings (SSSR count). The minimum atomic E-state index is -0.622. The quantitative estimate of drug-likeness (QED) is 0.841. The van der Waals surface area contributed by atoms with Crippen molar-refractivity contribution in [2.75, 3.05) is 7.05 Å². The third kappa shape index (κ3) is 3.41. The van der Waals surface area contributed by atoms with E-state index in [0.29, 0.717) is 12.1 Å². The van der Waals surface area contributed by atoms with E-state index in [2.05, 4.69) is 6.07 Å². The molecule has 0 aromatic heterocycles. The highest BCUT2D eigenvalue weighted by Crippen LogP contribution is 2.42. The van der Waals surface area contributed by atoms with Gasteiger partial charge in [-0.25, -0.2) is 4.39 Å². The number of carbonyl (C=O) groups is 1. The van der Waals surface area contributed by atoms with E-state index in [1.165, 1.54) is 12.1 Å². The van der Waals surface area contributed by atoms with Gasteiger partial charge in [0.25, 0.3) is 0 Å². The van der Waals surface area contributed by atoms with E-state index in [-0.39, 0.29) is 11.7 Å². The Hall–Kier alpha value is -2.67. The Balaban J connectivity index is 1.84. The Bertz CT molecular complexity index is 801. The van der Waals surface area contributed by atoms with Crippen molar-refractivity contribution < 1.29 is 9.18 Å². The van der Waals surface area contributed by atoms with Gasteiger partial charge in [0.2, 0.25) is 5.91 Å². The predicted octanol–water partition coefficient (Wildman–Crippen LogP) is 4.17. The monoisotopic (exact) mass is 336 g/mol. The second-order valence-electron chi connectivity index (χ2n) is 6.77. The minimum absolute atomic E-state index is 0.0416. The number of carbonyl (C=O) groups excluding carboxylic acids is 1. The van der Waals surface area contributed by atoms with Crippen LogP contribution in [0.3, 0.4) is 0 Å². The van der Waals surface area contributed by atoms with Gasteiger partial charge < -0.3 is 4.90 Å². The second-order valence-corrected chi connectivity index (χ2v) is 6.77. The summed E-state index contributed by atoms with van der Waals surface area (Å²) < 4.78 is 13.7. The number of hydrogen-bond donors (Lipinski definition) is 0. The van der Waals surface area contributed by atoms with Crippen molar-refractivity contribution in [1.82, 2.24) is 4.90 Å². The molecule has 1 aliphatic rings. The molecular formula is C21H21FN2O. The molecule has 3 nitrogen and oxygen atoms in total. The zero-order chi connectivity index (χ0) is 17.9. The fraction of sp³-hybridized carbons (Fsp3) is 0.333. The first-order chi connectivity index (χ1) is 12.0. The zero-order valence-corrected chi connectivity index (χ0v) is 14.3. The molecule has 0 atom stereocenters. The highest BCUT2D eigenvalue weighted by atomic mass is 19.1. The van der Waals surface area contributed by atoms with Gasteiger partial charge in [0.1, 0.15) is 5.82 Å². The molecule has 0 bridgehead atoms. The Morgan fingerprint density at radius 1 is 1.20 bits per heavy atom. The van der Waals surface area contributed by atoms with Gasteiger partial charge in [0.15, 0.2) is 0 Å². The van der Waals surface area contributed by atoms with Gasteiger partial charge in [-0.2, -0.15) is 5.26 Å². The average molecular weight is 336 g/mol. The molecule has 2 aromatic rings. The fourth-order valence-electron chi connectivity index (χ4n) is 3.79. The molecule has 0 heterocycles. The van der Waals surface area contributed by atoms with Gasteiger partial charge in [-0.3, -0.25) is 4.79 Å². The van der Waals surface area contributed by atoms with Gasteiger partial charge in [-0.15, -0.1) is 0 Å². The van der Waals surface area contributed by atoms with E-state index < -0.39 is 5.41 Å². The SMILES string of the molecule is CN(Cc1ccc(C#N)cc1)C(=O)C1(c2cccc(F)c2)CCCC1. The van der Waals surface area contributed by atoms with Gasteiger partial charge in [0, 0.05) is 13.6 Å². The van der Waals surface area contributed by atoms with E-state index >= 15 is 0 Å². The lowest BCUT2D eigenvalue weighted by Crippen LogP contribution is -2.43. The van der Waals surface area contributed by atoms with Crippen LogP contribution in [0.5, 0.6) is 0 Å². The molecule has 0 aliphatic heterocycles. The van der Waals surface area contributed by atoms with E-state index in [9.17, 15) is 9.18 Å². The summed E-state index contributed by atoms with van der Waals surface area (Å²) >= 11 is 0. The van der Waals surface area contributed by atoms with Gasteiger partial charge in [0.05, 0.1) is 17.0 Å². The van der Waals surface area contributed by atoms with Crippen LogP contribution in [0.2, 0.25) is 0 Å². The maximum absolute atomic E-state index is 13.7. The van der Waals surface area contributed by atoms with Crippen molar-refractivity contribution in [3.63, 3.8) is 0 Å². The van der Waals surface area contributed by atoms with Gasteiger partial charge in [-0.05, 0) is 48.2 Å². The van der Waals surface area contributed by atoms with Crippen LogP contribution < -0.4 is 0 Å². The smallest absolute Gasteiger partial charge is 0.233 e. The molecule has 0 radical (unpaired) electrons. The third-order valence-corrected chi connectivity index (χ3v) is 5.09. The van der Waals surface area contributed by atoms with Crippen LogP contribution >= 0.6 is 0 Å². The van der Waals surface area contributed by atoms with Crippen LogP contribution in [-0.2, 0) is 16.8 Å². The Kier molecular flexibility index (Phi) is 4.85. The molecule has 4 heteroatoms. The molecule has 1 fully saturated rings. The molecule has 0 unspecified atom stereocenters. The van der Waals surface area contributed by atoms with Crippen molar-refractivity contribution >= 4 is 5.91 Å². The van der Waals surface area contributed by atoms with Crippen molar-refractivity contribution in [2.45, 2.75) is 37.6 Å². The van der Waals surface area contributed by atoms with Crippen molar-refractivity contribution in [3.8, 4) is 6.07 Å². The number of amides is 1. The van der Waals surface area contributed by atoms with Crippen LogP contribution in [0.1, 0.15) is 42.4 Å². The van der Waals surface area contributed by atoms with Gasteiger partial charge >= 0.3 is 0 Å². The van der Waals surface area contributed by atoms with E-state index in [1.807, 2.05) is 18.2 Å². The zero-order valence-electron chi connectivity index (χ0n) is 14.3. The molecule has 1 aliphatic carbocycles. The number of likely N-dealkylation sites (N-methyl/N-ethyl adjacent to an activating group) is 1. The lowest BCUT2D eigenvalue weighted by atomic mass is 9.77. The van der Waals surface area contributed by atoms with E-state index in [0.717, 1.165) is 36.8 Å². The third-order valence-electron chi connectivity index (χ3n) is 5.09. The van der Waals surface area contributed by atoms with E-state index in [4.69, 9.17) is 5.26 Å². The van der Waals surface area contributed by atoms with Crippen LogP contribution in [0.15, 0.2) is 48.5 Å². The molecule has 25 heavy (non-hydrogen) atoms. The number of nitrogens with zero attached hydrogens (tertiary/aromatic N) is 2. The number of hydrogen-bond acceptors (Lipinski definition) is 2. The maximum Gasteiger partial charge on any atom is 0.233 e.